The first-order valence-corrected chi connectivity index (χ1v) is 13.3. The highest BCUT2D eigenvalue weighted by atomic mass is 16.7. The molecule has 5 aliphatic rings. The van der Waals surface area contributed by atoms with E-state index >= 15 is 0 Å². The zero-order valence-electron chi connectivity index (χ0n) is 22.0. The van der Waals surface area contributed by atoms with E-state index in [1.165, 1.54) is 5.57 Å². The lowest BCUT2D eigenvalue weighted by Gasteiger charge is -2.60. The number of carbonyl (C=O) groups excluding carboxylic acids is 1. The average molecular weight is 471 g/mol. The third-order valence-electron chi connectivity index (χ3n) is 9.94. The summed E-state index contributed by atoms with van der Waals surface area (Å²) in [5.41, 5.74) is 0.877. The zero-order chi connectivity index (χ0) is 24.7. The molecule has 0 radical (unpaired) electrons. The third-order valence-corrected chi connectivity index (χ3v) is 9.94. The third kappa shape index (κ3) is 3.30. The number of allylic oxidation sites excluding steroid dienone is 5. The predicted molar refractivity (Wildman–Crippen MR) is 133 cm³/mol. The number of nitrogens with zero attached hydrogens (tertiary/aromatic N) is 1. The van der Waals surface area contributed by atoms with Gasteiger partial charge in [0.1, 0.15) is 6.54 Å². The van der Waals surface area contributed by atoms with Gasteiger partial charge in [0.05, 0.1) is 33.4 Å². The van der Waals surface area contributed by atoms with Crippen molar-refractivity contribution in [3.05, 3.63) is 36.0 Å². The maximum absolute atomic E-state index is 14.1. The van der Waals surface area contributed by atoms with Crippen molar-refractivity contribution >= 4 is 5.78 Å². The van der Waals surface area contributed by atoms with Crippen molar-refractivity contribution in [3.8, 4) is 0 Å². The molecular weight excluding hydrogens is 426 g/mol. The Hall–Kier alpha value is -1.27. The molecule has 1 heterocycles. The zero-order valence-corrected chi connectivity index (χ0v) is 22.0. The Morgan fingerprint density at radius 2 is 2.03 bits per heavy atom. The fourth-order valence-corrected chi connectivity index (χ4v) is 8.63. The number of aliphatic hydroxyl groups is 1. The SMILES string of the molecule is C=C1C=C[C@@]2(C)C(=C1)CC[C@@H]1[C@@H]2[C@@H](O)C[C@@]2(C)[C@H]1C[C@H]1OC(CCC)O[C@]12C(=O)C[N+](C)(C)C. The van der Waals surface area contributed by atoms with Gasteiger partial charge in [-0.2, -0.15) is 0 Å². The molecule has 1 N–H and O–H groups in total. The number of hydrogen-bond acceptors (Lipinski definition) is 4. The minimum Gasteiger partial charge on any atom is -0.393 e. The number of hydrogen-bond donors (Lipinski definition) is 1. The summed E-state index contributed by atoms with van der Waals surface area (Å²) >= 11 is 0. The fourth-order valence-electron chi connectivity index (χ4n) is 8.63. The summed E-state index contributed by atoms with van der Waals surface area (Å²) in [6.07, 6.45) is 10.8. The Labute approximate surface area is 205 Å². The van der Waals surface area contributed by atoms with Crippen molar-refractivity contribution in [1.82, 2.24) is 0 Å². The monoisotopic (exact) mass is 470 g/mol. The molecular formula is C29H44NO4+. The van der Waals surface area contributed by atoms with E-state index in [-0.39, 0.29) is 29.5 Å². The van der Waals surface area contributed by atoms with E-state index in [1.54, 1.807) is 0 Å². The minimum absolute atomic E-state index is 0.144. The Morgan fingerprint density at radius 1 is 1.29 bits per heavy atom. The van der Waals surface area contributed by atoms with E-state index in [4.69, 9.17) is 9.47 Å². The summed E-state index contributed by atoms with van der Waals surface area (Å²) in [4.78, 5) is 14.1. The van der Waals surface area contributed by atoms with Crippen molar-refractivity contribution in [3.63, 3.8) is 0 Å². The van der Waals surface area contributed by atoms with Gasteiger partial charge in [-0.05, 0) is 49.5 Å². The van der Waals surface area contributed by atoms with Crippen LogP contribution in [0.1, 0.15) is 59.3 Å². The number of aliphatic hydroxyl groups excluding tert-OH is 1. The van der Waals surface area contributed by atoms with Gasteiger partial charge in [0.25, 0.3) is 0 Å². The summed E-state index contributed by atoms with van der Waals surface area (Å²) in [6.45, 7) is 11.2. The van der Waals surface area contributed by atoms with Crippen LogP contribution >= 0.6 is 0 Å². The molecule has 34 heavy (non-hydrogen) atoms. The Kier molecular flexibility index (Phi) is 5.65. The van der Waals surface area contributed by atoms with Crippen LogP contribution in [0, 0.1) is 28.6 Å². The van der Waals surface area contributed by atoms with Gasteiger partial charge in [-0.25, -0.2) is 0 Å². The van der Waals surface area contributed by atoms with Gasteiger partial charge in [0.15, 0.2) is 11.9 Å². The molecule has 0 aromatic carbocycles. The molecule has 1 saturated heterocycles. The lowest BCUT2D eigenvalue weighted by atomic mass is 9.46. The van der Waals surface area contributed by atoms with Crippen molar-refractivity contribution in [2.75, 3.05) is 27.7 Å². The highest BCUT2D eigenvalue weighted by Crippen LogP contribution is 2.69. The van der Waals surface area contributed by atoms with Crippen LogP contribution in [-0.2, 0) is 14.3 Å². The van der Waals surface area contributed by atoms with Crippen LogP contribution < -0.4 is 0 Å². The summed E-state index contributed by atoms with van der Waals surface area (Å²) in [6, 6.07) is 0. The number of quaternary nitrogens is 1. The predicted octanol–water partition coefficient (Wildman–Crippen LogP) is 4.42. The summed E-state index contributed by atoms with van der Waals surface area (Å²) in [5.74, 6) is 0.923. The van der Waals surface area contributed by atoms with Crippen molar-refractivity contribution in [2.45, 2.75) is 83.4 Å². The van der Waals surface area contributed by atoms with E-state index in [2.05, 4.69) is 66.7 Å². The van der Waals surface area contributed by atoms with E-state index in [0.717, 1.165) is 37.7 Å². The molecule has 9 atom stereocenters. The first kappa shape index (κ1) is 24.4. The van der Waals surface area contributed by atoms with Crippen LogP contribution in [0.2, 0.25) is 0 Å². The van der Waals surface area contributed by atoms with Crippen LogP contribution in [0.5, 0.6) is 0 Å². The summed E-state index contributed by atoms with van der Waals surface area (Å²) in [5, 5.41) is 11.8. The highest BCUT2D eigenvalue weighted by Gasteiger charge is 2.76. The molecule has 5 nitrogen and oxygen atoms in total. The first-order chi connectivity index (χ1) is 15.9. The quantitative estimate of drug-likeness (QED) is 0.605. The minimum atomic E-state index is -0.970. The molecule has 0 bridgehead atoms. The number of likely N-dealkylation sites (N-methyl/N-ethyl adjacent to an activating group) is 1. The molecule has 0 aromatic rings. The van der Waals surface area contributed by atoms with Crippen LogP contribution in [0.3, 0.4) is 0 Å². The molecule has 0 spiro atoms. The number of Topliss-reactive ketones (excluding diaryl/α,β-unsaturated/α-hetero) is 1. The van der Waals surface area contributed by atoms with E-state index in [1.807, 2.05) is 0 Å². The maximum atomic E-state index is 14.1. The number of ketones is 1. The standard InChI is InChI=1S/C29H44NO4/c1-8-9-25-33-24-15-21-20-11-10-19-14-18(2)12-13-27(19,3)26(20)22(31)16-28(21,4)29(24,34-25)23(32)17-30(5,6)7/h12-14,20-22,24-26,31H,2,8-11,15-17H2,1,3-7H3/q+1/t20-,21-,22-,24+,25?,26+,27-,28-,29+/m0/s1. The molecule has 188 valence electrons. The number of fused-ring (bicyclic) bond motifs is 7. The Bertz CT molecular complexity index is 946. The Balaban J connectivity index is 1.55. The largest absolute Gasteiger partial charge is 0.393 e. The van der Waals surface area contributed by atoms with Gasteiger partial charge in [-0.3, -0.25) is 4.79 Å². The summed E-state index contributed by atoms with van der Waals surface area (Å²) < 4.78 is 13.8. The molecule has 1 aliphatic heterocycles. The van der Waals surface area contributed by atoms with Gasteiger partial charge >= 0.3 is 0 Å². The number of ether oxygens (including phenoxy) is 2. The maximum Gasteiger partial charge on any atom is 0.221 e. The van der Waals surface area contributed by atoms with Gasteiger partial charge in [0.2, 0.25) is 5.78 Å². The normalized spacial score (nSPS) is 47.5. The van der Waals surface area contributed by atoms with E-state index in [9.17, 15) is 9.90 Å². The topological polar surface area (TPSA) is 55.8 Å². The van der Waals surface area contributed by atoms with Gasteiger partial charge < -0.3 is 19.1 Å². The van der Waals surface area contributed by atoms with Crippen LogP contribution in [0.4, 0.5) is 0 Å². The summed E-state index contributed by atoms with van der Waals surface area (Å²) in [7, 11) is 6.17. The molecule has 0 aromatic heterocycles. The van der Waals surface area contributed by atoms with Crippen molar-refractivity contribution in [2.24, 2.45) is 28.6 Å². The van der Waals surface area contributed by atoms with Crippen molar-refractivity contribution < 1.29 is 23.9 Å². The van der Waals surface area contributed by atoms with Crippen LogP contribution in [0.25, 0.3) is 0 Å². The number of rotatable bonds is 5. The fraction of sp³-hybridized carbons (Fsp3) is 0.759. The van der Waals surface area contributed by atoms with E-state index < -0.39 is 17.1 Å². The molecule has 5 heteroatoms. The van der Waals surface area contributed by atoms with Gasteiger partial charge in [0, 0.05) is 16.7 Å². The molecule has 5 rings (SSSR count). The molecule has 1 unspecified atom stereocenters. The molecule has 4 fully saturated rings. The molecule has 4 aliphatic carbocycles. The smallest absolute Gasteiger partial charge is 0.221 e. The van der Waals surface area contributed by atoms with Gasteiger partial charge in [-0.1, -0.05) is 57.6 Å². The highest BCUT2D eigenvalue weighted by molar-refractivity contribution is 5.91. The lowest BCUT2D eigenvalue weighted by Crippen LogP contribution is -2.65. The van der Waals surface area contributed by atoms with E-state index in [0.29, 0.717) is 29.3 Å². The average Bonchev–Trinajstić information content (AvgIpc) is 3.20. The molecule has 3 saturated carbocycles. The molecule has 0 amide bonds. The second kappa shape index (κ2) is 7.86. The number of carbonyl (C=O) groups is 1. The van der Waals surface area contributed by atoms with Crippen molar-refractivity contribution in [1.29, 1.82) is 0 Å². The van der Waals surface area contributed by atoms with Crippen LogP contribution in [-0.4, -0.2) is 67.2 Å². The van der Waals surface area contributed by atoms with Gasteiger partial charge in [-0.15, -0.1) is 0 Å². The first-order valence-electron chi connectivity index (χ1n) is 13.3. The second-order valence-electron chi connectivity index (χ2n) is 13.2. The second-order valence-corrected chi connectivity index (χ2v) is 13.2. The van der Waals surface area contributed by atoms with Crippen LogP contribution in [0.15, 0.2) is 36.0 Å². The lowest BCUT2D eigenvalue weighted by molar-refractivity contribution is -0.862. The Morgan fingerprint density at radius 3 is 2.71 bits per heavy atom.